The van der Waals surface area contributed by atoms with Gasteiger partial charge in [-0.15, -0.1) is 0 Å². The van der Waals surface area contributed by atoms with E-state index in [1.807, 2.05) is 0 Å². The van der Waals surface area contributed by atoms with Crippen molar-refractivity contribution in [3.63, 3.8) is 0 Å². The zero-order chi connectivity index (χ0) is 48.2. The van der Waals surface area contributed by atoms with E-state index in [9.17, 15) is 0 Å². The molecule has 4 aliphatic rings. The maximum Gasteiger partial charge on any atom is 0.252 e. The molecule has 2 heterocycles. The molecule has 0 bridgehead atoms. The molecule has 0 unspecified atom stereocenters. The molecule has 3 heteroatoms. The van der Waals surface area contributed by atoms with Crippen LogP contribution in [0.1, 0.15) is 22.3 Å². The Labute approximate surface area is 429 Å². The van der Waals surface area contributed by atoms with Gasteiger partial charge in [-0.1, -0.05) is 188 Å². The van der Waals surface area contributed by atoms with Crippen LogP contribution in [0.25, 0.3) is 76.5 Å². The van der Waals surface area contributed by atoms with Crippen molar-refractivity contribution in [3.8, 4) is 33.4 Å². The van der Waals surface area contributed by atoms with Gasteiger partial charge in [-0.2, -0.15) is 0 Å². The van der Waals surface area contributed by atoms with Crippen molar-refractivity contribution in [2.24, 2.45) is 0 Å². The SMILES string of the molecule is c1ccc(N2c3cc4cc5ccccc5cc4cc3B3c4cc5cc6ccccc6cc5cc4N(c4ccccc4)c4cc(-c5cccc6c5-c5ccccc5C65c6ccccc6-c6ccccc65)cc2c43)cc1. The zero-order valence-electron chi connectivity index (χ0n) is 40.3. The minimum atomic E-state index is -0.455. The number of anilines is 6. The van der Waals surface area contributed by atoms with Crippen molar-refractivity contribution in [2.45, 2.75) is 5.41 Å². The van der Waals surface area contributed by atoms with E-state index in [4.69, 9.17) is 0 Å². The summed E-state index contributed by atoms with van der Waals surface area (Å²) in [5.41, 5.74) is 23.6. The van der Waals surface area contributed by atoms with Gasteiger partial charge in [0.2, 0.25) is 0 Å². The fraction of sp³-hybridized carbons (Fsp3) is 0.0141. The molecule has 0 radical (unpaired) electrons. The van der Waals surface area contributed by atoms with Crippen LogP contribution in [0.3, 0.4) is 0 Å². The fourth-order valence-corrected chi connectivity index (χ4v) is 14.1. The molecule has 0 amide bonds. The molecule has 2 aliphatic carbocycles. The lowest BCUT2D eigenvalue weighted by atomic mass is 9.33. The van der Waals surface area contributed by atoms with Gasteiger partial charge in [-0.3, -0.25) is 0 Å². The Morgan fingerprint density at radius 1 is 0.270 bits per heavy atom. The molecule has 2 aliphatic heterocycles. The van der Waals surface area contributed by atoms with Gasteiger partial charge in [0.05, 0.1) is 5.41 Å². The molecule has 13 aromatic rings. The molecule has 340 valence electrons. The summed E-state index contributed by atoms with van der Waals surface area (Å²) < 4.78 is 0. The van der Waals surface area contributed by atoms with E-state index in [1.54, 1.807) is 0 Å². The number of rotatable bonds is 3. The summed E-state index contributed by atoms with van der Waals surface area (Å²) in [6.07, 6.45) is 0. The fourth-order valence-electron chi connectivity index (χ4n) is 14.1. The maximum atomic E-state index is 2.58. The van der Waals surface area contributed by atoms with E-state index >= 15 is 0 Å². The maximum absolute atomic E-state index is 2.58. The first-order valence-electron chi connectivity index (χ1n) is 25.9. The topological polar surface area (TPSA) is 6.48 Å². The van der Waals surface area contributed by atoms with Crippen LogP contribution in [-0.2, 0) is 5.41 Å². The van der Waals surface area contributed by atoms with E-state index in [0.717, 1.165) is 11.4 Å². The molecule has 13 aromatic carbocycles. The van der Waals surface area contributed by atoms with Crippen LogP contribution in [0.15, 0.2) is 261 Å². The van der Waals surface area contributed by atoms with Crippen LogP contribution in [-0.4, -0.2) is 6.71 Å². The number of fused-ring (bicyclic) bond motifs is 18. The van der Waals surface area contributed by atoms with Crippen LogP contribution >= 0.6 is 0 Å². The number of nitrogens with zero attached hydrogens (tertiary/aromatic N) is 2. The van der Waals surface area contributed by atoms with Crippen molar-refractivity contribution < 1.29 is 0 Å². The molecule has 0 N–H and O–H groups in total. The molecule has 2 nitrogen and oxygen atoms in total. The van der Waals surface area contributed by atoms with E-state index in [1.165, 1.54) is 138 Å². The number of hydrogen-bond acceptors (Lipinski definition) is 2. The Hall–Kier alpha value is -9.44. The molecule has 0 saturated heterocycles. The second-order valence-electron chi connectivity index (χ2n) is 20.7. The van der Waals surface area contributed by atoms with Gasteiger partial charge >= 0.3 is 0 Å². The van der Waals surface area contributed by atoms with E-state index < -0.39 is 5.41 Å². The Morgan fingerprint density at radius 2 is 0.649 bits per heavy atom. The molecule has 0 aromatic heterocycles. The molecular formula is C71H43BN2. The summed E-state index contributed by atoms with van der Waals surface area (Å²) in [6.45, 7) is -0.0670. The summed E-state index contributed by atoms with van der Waals surface area (Å²) in [5, 5.41) is 9.96. The lowest BCUT2D eigenvalue weighted by molar-refractivity contribution is 0.794. The average molecular weight is 935 g/mol. The normalized spacial score (nSPS) is 14.0. The largest absolute Gasteiger partial charge is 0.311 e. The predicted octanol–water partition coefficient (Wildman–Crippen LogP) is 16.4. The van der Waals surface area contributed by atoms with Crippen LogP contribution in [0.5, 0.6) is 0 Å². The van der Waals surface area contributed by atoms with Gasteiger partial charge in [0.15, 0.2) is 0 Å². The molecule has 0 atom stereocenters. The van der Waals surface area contributed by atoms with Crippen molar-refractivity contribution in [1.82, 2.24) is 0 Å². The van der Waals surface area contributed by atoms with Crippen LogP contribution < -0.4 is 26.2 Å². The summed E-state index contributed by atoms with van der Waals surface area (Å²) in [5.74, 6) is 0. The highest BCUT2D eigenvalue weighted by atomic mass is 15.2. The van der Waals surface area contributed by atoms with Gasteiger partial charge in [-0.25, -0.2) is 0 Å². The lowest BCUT2D eigenvalue weighted by Gasteiger charge is -2.44. The molecule has 1 spiro atoms. The Bertz CT molecular complexity index is 4340. The summed E-state index contributed by atoms with van der Waals surface area (Å²) in [7, 11) is 0. The summed E-state index contributed by atoms with van der Waals surface area (Å²) >= 11 is 0. The third-order valence-corrected chi connectivity index (χ3v) is 17.1. The average Bonchev–Trinajstić information content (AvgIpc) is 4.08. The summed E-state index contributed by atoms with van der Waals surface area (Å²) in [4.78, 5) is 5.15. The van der Waals surface area contributed by atoms with Crippen molar-refractivity contribution >= 4 is 100 Å². The highest BCUT2D eigenvalue weighted by Crippen LogP contribution is 2.64. The Balaban J connectivity index is 1.01. The van der Waals surface area contributed by atoms with Gasteiger partial charge in [0.1, 0.15) is 0 Å². The van der Waals surface area contributed by atoms with Gasteiger partial charge in [-0.05, 0) is 188 Å². The minimum Gasteiger partial charge on any atom is -0.311 e. The number of benzene rings is 13. The van der Waals surface area contributed by atoms with E-state index in [-0.39, 0.29) is 6.71 Å². The monoisotopic (exact) mass is 934 g/mol. The number of hydrogen-bond donors (Lipinski definition) is 0. The third kappa shape index (κ3) is 5.30. The standard InChI is InChI=1S/C71H43BN2/c1-3-22-53(23-4-1)73-65-40-50-36-46-20-9-7-18-44(46)34-48(50)38-63(65)72-64-39-49-35-45-19-8-10-21-47(45)37-51(49)41-66(64)74(54-24-5-2-6-25-54)68-43-52(42-67(73)70(68)72)55-29-17-33-62-69(55)58-28-13-16-32-61(58)71(62)59-30-14-11-26-56(59)57-27-12-15-31-60(57)71/h1-43H. The predicted molar refractivity (Wildman–Crippen MR) is 312 cm³/mol. The molecule has 0 fully saturated rings. The summed E-state index contributed by atoms with van der Waals surface area (Å²) in [6, 6.07) is 99.0. The number of para-hydroxylation sites is 2. The Kier molecular flexibility index (Phi) is 8.05. The zero-order valence-corrected chi connectivity index (χ0v) is 40.3. The van der Waals surface area contributed by atoms with Gasteiger partial charge in [0.25, 0.3) is 6.71 Å². The minimum absolute atomic E-state index is 0.0670. The van der Waals surface area contributed by atoms with Gasteiger partial charge in [0, 0.05) is 34.1 Å². The van der Waals surface area contributed by atoms with Crippen molar-refractivity contribution in [1.29, 1.82) is 0 Å². The highest BCUT2D eigenvalue weighted by molar-refractivity contribution is 7.00. The Morgan fingerprint density at radius 3 is 1.14 bits per heavy atom. The third-order valence-electron chi connectivity index (χ3n) is 17.1. The molecule has 0 saturated carbocycles. The molecule has 74 heavy (non-hydrogen) atoms. The van der Waals surface area contributed by atoms with Crippen LogP contribution in [0, 0.1) is 0 Å². The molecule has 17 rings (SSSR count). The first-order chi connectivity index (χ1) is 36.7. The first kappa shape index (κ1) is 40.2. The molecular weight excluding hydrogens is 892 g/mol. The first-order valence-corrected chi connectivity index (χ1v) is 25.9. The van der Waals surface area contributed by atoms with Crippen molar-refractivity contribution in [2.75, 3.05) is 9.80 Å². The van der Waals surface area contributed by atoms with Gasteiger partial charge < -0.3 is 9.80 Å². The van der Waals surface area contributed by atoms with E-state index in [2.05, 4.69) is 271 Å². The lowest BCUT2D eigenvalue weighted by Crippen LogP contribution is -2.61. The highest BCUT2D eigenvalue weighted by Gasteiger charge is 2.52. The van der Waals surface area contributed by atoms with Crippen LogP contribution in [0.2, 0.25) is 0 Å². The second-order valence-corrected chi connectivity index (χ2v) is 20.7. The second kappa shape index (κ2) is 14.8. The van der Waals surface area contributed by atoms with Crippen LogP contribution in [0.4, 0.5) is 34.1 Å². The van der Waals surface area contributed by atoms with E-state index in [0.29, 0.717) is 0 Å². The smallest absolute Gasteiger partial charge is 0.252 e. The quantitative estimate of drug-likeness (QED) is 0.129. The van der Waals surface area contributed by atoms with Crippen molar-refractivity contribution in [3.05, 3.63) is 283 Å².